The summed E-state index contributed by atoms with van der Waals surface area (Å²) in [5.74, 6) is 0.523. The molecule has 0 bridgehead atoms. The van der Waals surface area contributed by atoms with Gasteiger partial charge in [-0.15, -0.1) is 5.10 Å². The van der Waals surface area contributed by atoms with Gasteiger partial charge in [-0.3, -0.25) is 9.69 Å². The Labute approximate surface area is 102 Å². The first-order chi connectivity index (χ1) is 7.95. The summed E-state index contributed by atoms with van der Waals surface area (Å²) in [6.07, 6.45) is 2.22. The zero-order valence-electron chi connectivity index (χ0n) is 10.5. The smallest absolute Gasteiger partial charge is 0.217 e. The van der Waals surface area contributed by atoms with Gasteiger partial charge in [-0.1, -0.05) is 12.1 Å². The van der Waals surface area contributed by atoms with Crippen LogP contribution in [-0.2, 0) is 4.79 Å². The normalized spacial score (nSPS) is 13.7. The van der Waals surface area contributed by atoms with Crippen LogP contribution in [0.15, 0.2) is 10.3 Å². The van der Waals surface area contributed by atoms with Gasteiger partial charge in [0.25, 0.3) is 0 Å². The molecule has 0 saturated carbocycles. The van der Waals surface area contributed by atoms with Gasteiger partial charge in [0.2, 0.25) is 5.91 Å². The molecule has 1 atom stereocenters. The number of nitrogens with one attached hydrogen (secondary N) is 1. The maximum absolute atomic E-state index is 10.6. The lowest BCUT2D eigenvalue weighted by Crippen LogP contribution is -2.32. The second kappa shape index (κ2) is 8.63. The average molecular weight is 242 g/mol. The highest BCUT2D eigenvalue weighted by Gasteiger charge is 2.07. The van der Waals surface area contributed by atoms with Gasteiger partial charge < -0.3 is 11.5 Å². The maximum Gasteiger partial charge on any atom is 0.217 e. The molecule has 0 radical (unpaired) electrons. The number of carbonyl (C=O) groups excluding carboxylic acids is 1. The molecule has 0 heterocycles. The second-order valence-electron chi connectivity index (χ2n) is 4.33. The van der Waals surface area contributed by atoms with E-state index in [1.165, 1.54) is 0 Å². The van der Waals surface area contributed by atoms with Crippen LogP contribution in [0.5, 0.6) is 0 Å². The first-order valence-corrected chi connectivity index (χ1v) is 5.61. The third kappa shape index (κ3) is 9.43. The van der Waals surface area contributed by atoms with E-state index in [0.29, 0.717) is 24.7 Å². The summed E-state index contributed by atoms with van der Waals surface area (Å²) in [4.78, 5) is 12.6. The van der Waals surface area contributed by atoms with E-state index < -0.39 is 0 Å². The van der Waals surface area contributed by atoms with Crippen molar-refractivity contribution in [3.8, 4) is 0 Å². The van der Waals surface area contributed by atoms with Crippen molar-refractivity contribution in [2.24, 2.45) is 27.7 Å². The number of carbonyl (C=O) groups is 1. The minimum Gasteiger partial charge on any atom is -0.385 e. The summed E-state index contributed by atoms with van der Waals surface area (Å²) >= 11 is 0. The highest BCUT2D eigenvalue weighted by Crippen LogP contribution is 2.10. The van der Waals surface area contributed by atoms with Crippen LogP contribution in [0, 0.1) is 11.4 Å². The number of hydrogen-bond donors (Lipinski definition) is 3. The lowest BCUT2D eigenvalue weighted by Gasteiger charge is -2.18. The fourth-order valence-electron chi connectivity index (χ4n) is 1.43. The van der Waals surface area contributed by atoms with E-state index in [0.717, 1.165) is 19.4 Å². The molecular formula is C10H22N6O. The van der Waals surface area contributed by atoms with Crippen molar-refractivity contribution in [3.05, 3.63) is 0 Å². The summed E-state index contributed by atoms with van der Waals surface area (Å²) in [6.45, 7) is 3.44. The Morgan fingerprint density at radius 1 is 1.41 bits per heavy atom. The Hall–Kier alpha value is -1.50. The SMILES string of the molecule is C[C@@H](CCC(N)=O)CCN(C)C/C(N)=N/N=N. The molecule has 0 aromatic carbocycles. The number of nitrogens with zero attached hydrogens (tertiary/aromatic N) is 3. The van der Waals surface area contributed by atoms with Gasteiger partial charge in [0, 0.05) is 6.42 Å². The topological polar surface area (TPSA) is 121 Å². The molecule has 17 heavy (non-hydrogen) atoms. The Morgan fingerprint density at radius 3 is 2.59 bits per heavy atom. The molecule has 0 aromatic rings. The van der Waals surface area contributed by atoms with Crippen LogP contribution in [0.25, 0.3) is 0 Å². The number of amides is 1. The first-order valence-electron chi connectivity index (χ1n) is 5.61. The summed E-state index contributed by atoms with van der Waals surface area (Å²) < 4.78 is 0. The Kier molecular flexibility index (Phi) is 7.87. The first kappa shape index (κ1) is 15.5. The molecule has 0 aliphatic rings. The molecule has 98 valence electrons. The standard InChI is InChI=1S/C10H22N6O/c1-8(3-4-10(12)17)5-6-16(2)7-9(11)14-15-13/h8H,3-7H2,1-2H3,(H2,12,17)(H3,11,13,14)/t8-/m0/s1. The second-order valence-corrected chi connectivity index (χ2v) is 4.33. The van der Waals surface area contributed by atoms with Crippen LogP contribution >= 0.6 is 0 Å². The molecule has 7 heteroatoms. The quantitative estimate of drug-likeness (QED) is 0.236. The molecule has 0 unspecified atom stereocenters. The van der Waals surface area contributed by atoms with Gasteiger partial charge in [0.15, 0.2) is 0 Å². The van der Waals surface area contributed by atoms with E-state index in [9.17, 15) is 4.79 Å². The van der Waals surface area contributed by atoms with Crippen molar-refractivity contribution in [1.82, 2.24) is 4.90 Å². The van der Waals surface area contributed by atoms with Gasteiger partial charge in [-0.2, -0.15) is 5.53 Å². The van der Waals surface area contributed by atoms with E-state index in [-0.39, 0.29) is 5.91 Å². The number of rotatable bonds is 9. The fraction of sp³-hybridized carbons (Fsp3) is 0.800. The molecule has 0 aliphatic carbocycles. The molecule has 0 spiro atoms. The minimum atomic E-state index is -0.251. The van der Waals surface area contributed by atoms with Crippen LogP contribution in [-0.4, -0.2) is 36.8 Å². The van der Waals surface area contributed by atoms with Crippen LogP contribution in [0.3, 0.4) is 0 Å². The van der Waals surface area contributed by atoms with Crippen molar-refractivity contribution in [2.75, 3.05) is 20.1 Å². The summed E-state index contributed by atoms with van der Waals surface area (Å²) in [5, 5.41) is 6.30. The Balaban J connectivity index is 3.75. The van der Waals surface area contributed by atoms with Gasteiger partial charge in [-0.25, -0.2) is 0 Å². The van der Waals surface area contributed by atoms with Crippen molar-refractivity contribution in [2.45, 2.75) is 26.2 Å². The van der Waals surface area contributed by atoms with Crippen LogP contribution < -0.4 is 11.5 Å². The van der Waals surface area contributed by atoms with E-state index in [1.807, 2.05) is 11.9 Å². The van der Waals surface area contributed by atoms with E-state index in [2.05, 4.69) is 17.2 Å². The predicted molar refractivity (Wildman–Crippen MR) is 66.5 cm³/mol. The molecule has 0 aliphatic heterocycles. The lowest BCUT2D eigenvalue weighted by atomic mass is 10.0. The average Bonchev–Trinajstić information content (AvgIpc) is 2.23. The van der Waals surface area contributed by atoms with E-state index >= 15 is 0 Å². The lowest BCUT2D eigenvalue weighted by molar-refractivity contribution is -0.118. The summed E-state index contributed by atoms with van der Waals surface area (Å²) in [5.41, 5.74) is 17.1. The predicted octanol–water partition coefficient (Wildman–Crippen LogP) is 0.513. The molecule has 0 aromatic heterocycles. The maximum atomic E-state index is 10.6. The third-order valence-electron chi connectivity index (χ3n) is 2.50. The van der Waals surface area contributed by atoms with Gasteiger partial charge >= 0.3 is 0 Å². The Bertz CT molecular complexity index is 278. The number of nitrogens with two attached hydrogens (primary N) is 2. The fourth-order valence-corrected chi connectivity index (χ4v) is 1.43. The van der Waals surface area contributed by atoms with Gasteiger partial charge in [0.1, 0.15) is 5.84 Å². The number of hydrogen-bond acceptors (Lipinski definition) is 4. The molecule has 0 fully saturated rings. The summed E-state index contributed by atoms with van der Waals surface area (Å²) in [6, 6.07) is 0. The number of amidine groups is 1. The van der Waals surface area contributed by atoms with Crippen molar-refractivity contribution in [3.63, 3.8) is 0 Å². The summed E-state index contributed by atoms with van der Waals surface area (Å²) in [7, 11) is 1.92. The number of primary amides is 1. The highest BCUT2D eigenvalue weighted by molar-refractivity contribution is 5.82. The largest absolute Gasteiger partial charge is 0.385 e. The third-order valence-corrected chi connectivity index (χ3v) is 2.50. The van der Waals surface area contributed by atoms with Crippen molar-refractivity contribution in [1.29, 1.82) is 5.53 Å². The Morgan fingerprint density at radius 2 is 2.06 bits per heavy atom. The minimum absolute atomic E-state index is 0.251. The number of likely N-dealkylation sites (N-methyl/N-ethyl adjacent to an activating group) is 1. The molecular weight excluding hydrogens is 220 g/mol. The molecule has 0 rings (SSSR count). The molecule has 7 nitrogen and oxygen atoms in total. The molecule has 0 saturated heterocycles. The van der Waals surface area contributed by atoms with Crippen LogP contribution in [0.2, 0.25) is 0 Å². The van der Waals surface area contributed by atoms with Crippen molar-refractivity contribution >= 4 is 11.7 Å². The van der Waals surface area contributed by atoms with Crippen LogP contribution in [0.4, 0.5) is 0 Å². The zero-order valence-corrected chi connectivity index (χ0v) is 10.5. The van der Waals surface area contributed by atoms with Gasteiger partial charge in [0.05, 0.1) is 6.54 Å². The zero-order chi connectivity index (χ0) is 13.3. The molecule has 1 amide bonds. The molecule has 5 N–H and O–H groups in total. The highest BCUT2D eigenvalue weighted by atomic mass is 16.1. The monoisotopic (exact) mass is 242 g/mol. The van der Waals surface area contributed by atoms with E-state index in [4.69, 9.17) is 17.0 Å². The van der Waals surface area contributed by atoms with Gasteiger partial charge in [-0.05, 0) is 32.4 Å². The van der Waals surface area contributed by atoms with E-state index in [1.54, 1.807) is 0 Å². The van der Waals surface area contributed by atoms with Crippen molar-refractivity contribution < 1.29 is 4.79 Å². The van der Waals surface area contributed by atoms with Crippen LogP contribution in [0.1, 0.15) is 26.2 Å².